The summed E-state index contributed by atoms with van der Waals surface area (Å²) in [7, 11) is 0. The van der Waals surface area contributed by atoms with Crippen molar-refractivity contribution < 1.29 is 4.92 Å². The third-order valence-corrected chi connectivity index (χ3v) is 3.00. The van der Waals surface area contributed by atoms with Crippen molar-refractivity contribution in [2.75, 3.05) is 5.32 Å². The van der Waals surface area contributed by atoms with E-state index in [0.717, 1.165) is 11.3 Å². The molecule has 0 saturated carbocycles. The van der Waals surface area contributed by atoms with Gasteiger partial charge in [-0.25, -0.2) is 0 Å². The van der Waals surface area contributed by atoms with Gasteiger partial charge in [0.05, 0.1) is 16.2 Å². The molecule has 0 amide bonds. The summed E-state index contributed by atoms with van der Waals surface area (Å²) in [6, 6.07) is 14.4. The van der Waals surface area contributed by atoms with Crippen LogP contribution in [0.3, 0.4) is 0 Å². The molecule has 0 heterocycles. The predicted molar refractivity (Wildman–Crippen MR) is 76.3 cm³/mol. The fraction of sp³-hybridized carbons (Fsp3) is 0.133. The van der Waals surface area contributed by atoms with Crippen LogP contribution in [0.25, 0.3) is 0 Å². The number of aryl methyl sites for hydroxylation is 1. The van der Waals surface area contributed by atoms with Crippen LogP contribution in [-0.4, -0.2) is 4.92 Å². The van der Waals surface area contributed by atoms with Gasteiger partial charge in [0.1, 0.15) is 6.07 Å². The van der Waals surface area contributed by atoms with E-state index in [1.807, 2.05) is 12.1 Å². The third-order valence-electron chi connectivity index (χ3n) is 3.00. The number of anilines is 1. The zero-order valence-corrected chi connectivity index (χ0v) is 11.0. The summed E-state index contributed by atoms with van der Waals surface area (Å²) in [6.45, 7) is 2.14. The maximum absolute atomic E-state index is 10.9. The molecule has 0 radical (unpaired) electrons. The highest BCUT2D eigenvalue weighted by Crippen LogP contribution is 2.21. The van der Waals surface area contributed by atoms with Gasteiger partial charge in [-0.1, -0.05) is 24.3 Å². The summed E-state index contributed by atoms with van der Waals surface area (Å²) in [4.78, 5) is 10.5. The lowest BCUT2D eigenvalue weighted by atomic mass is 10.1. The van der Waals surface area contributed by atoms with Crippen molar-refractivity contribution in [1.29, 1.82) is 5.26 Å². The fourth-order valence-electron chi connectivity index (χ4n) is 1.89. The maximum atomic E-state index is 10.9. The Kier molecular flexibility index (Phi) is 3.96. The van der Waals surface area contributed by atoms with Crippen molar-refractivity contribution >= 4 is 11.4 Å². The van der Waals surface area contributed by atoms with Crippen molar-refractivity contribution in [1.82, 2.24) is 0 Å². The van der Waals surface area contributed by atoms with E-state index < -0.39 is 0 Å². The van der Waals surface area contributed by atoms with Crippen molar-refractivity contribution in [2.24, 2.45) is 0 Å². The minimum atomic E-state index is -0.387. The normalized spacial score (nSPS) is 9.80. The SMILES string of the molecule is Cc1ccc(CNc2ccccc2C#N)cc1[N+](=O)[O-]. The van der Waals surface area contributed by atoms with Gasteiger partial charge in [-0.2, -0.15) is 5.26 Å². The highest BCUT2D eigenvalue weighted by Gasteiger charge is 2.11. The van der Waals surface area contributed by atoms with Crippen molar-refractivity contribution in [2.45, 2.75) is 13.5 Å². The van der Waals surface area contributed by atoms with Crippen LogP contribution in [0.1, 0.15) is 16.7 Å². The first-order valence-corrected chi connectivity index (χ1v) is 6.08. The first-order chi connectivity index (χ1) is 9.61. The second-order valence-electron chi connectivity index (χ2n) is 4.39. The van der Waals surface area contributed by atoms with Crippen LogP contribution in [-0.2, 0) is 6.54 Å². The molecule has 0 saturated heterocycles. The van der Waals surface area contributed by atoms with Gasteiger partial charge in [-0.3, -0.25) is 10.1 Å². The predicted octanol–water partition coefficient (Wildman–Crippen LogP) is 3.39. The molecule has 5 nitrogen and oxygen atoms in total. The van der Waals surface area contributed by atoms with E-state index in [9.17, 15) is 10.1 Å². The van der Waals surface area contributed by atoms with E-state index in [1.165, 1.54) is 0 Å². The first-order valence-electron chi connectivity index (χ1n) is 6.08. The number of nitro groups is 1. The number of para-hydroxylation sites is 1. The van der Waals surface area contributed by atoms with Crippen molar-refractivity contribution in [3.8, 4) is 6.07 Å². The number of nitriles is 1. The van der Waals surface area contributed by atoms with E-state index in [2.05, 4.69) is 11.4 Å². The molecule has 0 aromatic heterocycles. The molecule has 5 heteroatoms. The summed E-state index contributed by atoms with van der Waals surface area (Å²) in [5.41, 5.74) is 2.82. The minimum Gasteiger partial charge on any atom is -0.380 e. The van der Waals surface area contributed by atoms with Crippen LogP contribution in [0, 0.1) is 28.4 Å². The number of benzene rings is 2. The molecule has 0 aliphatic carbocycles. The molecule has 100 valence electrons. The van der Waals surface area contributed by atoms with Gasteiger partial charge in [-0.15, -0.1) is 0 Å². The van der Waals surface area contributed by atoms with Gasteiger partial charge >= 0.3 is 0 Å². The summed E-state index contributed by atoms with van der Waals surface area (Å²) in [5, 5.41) is 23.0. The Hall–Kier alpha value is -2.87. The molecular weight excluding hydrogens is 254 g/mol. The van der Waals surface area contributed by atoms with Crippen LogP contribution in [0.15, 0.2) is 42.5 Å². The molecule has 0 atom stereocenters. The molecule has 2 rings (SSSR count). The minimum absolute atomic E-state index is 0.109. The quantitative estimate of drug-likeness (QED) is 0.680. The molecule has 0 bridgehead atoms. The molecule has 2 aromatic carbocycles. The lowest BCUT2D eigenvalue weighted by Crippen LogP contribution is -2.02. The van der Waals surface area contributed by atoms with Crippen LogP contribution >= 0.6 is 0 Å². The van der Waals surface area contributed by atoms with Crippen molar-refractivity contribution in [3.63, 3.8) is 0 Å². The van der Waals surface area contributed by atoms with Crippen LogP contribution in [0.4, 0.5) is 11.4 Å². The summed E-state index contributed by atoms with van der Waals surface area (Å²) >= 11 is 0. The Morgan fingerprint density at radius 2 is 2.05 bits per heavy atom. The molecule has 0 spiro atoms. The smallest absolute Gasteiger partial charge is 0.272 e. The standard InChI is InChI=1S/C15H13N3O2/c1-11-6-7-12(8-15(11)18(19)20)10-17-14-5-3-2-4-13(14)9-16/h2-8,17H,10H2,1H3. The van der Waals surface area contributed by atoms with Crippen molar-refractivity contribution in [3.05, 3.63) is 69.3 Å². The Balaban J connectivity index is 2.18. The number of nitro benzene ring substituents is 1. The monoisotopic (exact) mass is 267 g/mol. The van der Waals surface area contributed by atoms with E-state index >= 15 is 0 Å². The Labute approximate surface area is 116 Å². The van der Waals surface area contributed by atoms with Gasteiger partial charge in [0.2, 0.25) is 0 Å². The highest BCUT2D eigenvalue weighted by molar-refractivity contribution is 5.57. The second-order valence-corrected chi connectivity index (χ2v) is 4.39. The lowest BCUT2D eigenvalue weighted by Gasteiger charge is -2.08. The average molecular weight is 267 g/mol. The second kappa shape index (κ2) is 5.85. The Morgan fingerprint density at radius 1 is 1.30 bits per heavy atom. The van der Waals surface area contributed by atoms with Crippen LogP contribution in [0.2, 0.25) is 0 Å². The summed E-state index contributed by atoms with van der Waals surface area (Å²) < 4.78 is 0. The van der Waals surface area contributed by atoms with E-state index in [-0.39, 0.29) is 10.6 Å². The molecule has 0 aliphatic rings. The Bertz CT molecular complexity index is 690. The summed E-state index contributed by atoms with van der Waals surface area (Å²) in [5.74, 6) is 0. The molecule has 1 N–H and O–H groups in total. The topological polar surface area (TPSA) is 79.0 Å². The van der Waals surface area contributed by atoms with Crippen LogP contribution in [0.5, 0.6) is 0 Å². The molecule has 0 unspecified atom stereocenters. The number of nitrogens with zero attached hydrogens (tertiary/aromatic N) is 2. The van der Waals surface area contributed by atoms with Gasteiger partial charge in [-0.05, 0) is 24.6 Å². The number of hydrogen-bond donors (Lipinski definition) is 1. The molecule has 0 aliphatic heterocycles. The van der Waals surface area contributed by atoms with E-state index in [1.54, 1.807) is 37.3 Å². The van der Waals surface area contributed by atoms with E-state index in [0.29, 0.717) is 17.7 Å². The highest BCUT2D eigenvalue weighted by atomic mass is 16.6. The number of hydrogen-bond acceptors (Lipinski definition) is 4. The average Bonchev–Trinajstić information content (AvgIpc) is 2.46. The van der Waals surface area contributed by atoms with Gasteiger partial charge in [0.25, 0.3) is 5.69 Å². The Morgan fingerprint density at radius 3 is 2.75 bits per heavy atom. The zero-order chi connectivity index (χ0) is 14.5. The maximum Gasteiger partial charge on any atom is 0.272 e. The molecule has 20 heavy (non-hydrogen) atoms. The van der Waals surface area contributed by atoms with E-state index in [4.69, 9.17) is 5.26 Å². The summed E-state index contributed by atoms with van der Waals surface area (Å²) in [6.07, 6.45) is 0. The first kappa shape index (κ1) is 13.6. The van der Waals surface area contributed by atoms with Gasteiger partial charge < -0.3 is 5.32 Å². The largest absolute Gasteiger partial charge is 0.380 e. The van der Waals surface area contributed by atoms with Gasteiger partial charge in [0, 0.05) is 18.2 Å². The number of rotatable bonds is 4. The zero-order valence-electron chi connectivity index (χ0n) is 11.0. The van der Waals surface area contributed by atoms with Gasteiger partial charge in [0.15, 0.2) is 0 Å². The molecular formula is C15H13N3O2. The number of nitrogens with one attached hydrogen (secondary N) is 1. The third kappa shape index (κ3) is 2.93. The fourth-order valence-corrected chi connectivity index (χ4v) is 1.89. The van der Waals surface area contributed by atoms with Crippen LogP contribution < -0.4 is 5.32 Å². The molecule has 2 aromatic rings. The molecule has 0 fully saturated rings. The lowest BCUT2D eigenvalue weighted by molar-refractivity contribution is -0.385.